The highest BCUT2D eigenvalue weighted by Crippen LogP contribution is 2.29. The minimum atomic E-state index is 0.534. The number of fused-ring (bicyclic) bond motifs is 1. The van der Waals surface area contributed by atoms with Crippen LogP contribution in [0.4, 0.5) is 5.82 Å². The van der Waals surface area contributed by atoms with Gasteiger partial charge in [0, 0.05) is 11.9 Å². The van der Waals surface area contributed by atoms with Gasteiger partial charge in [0.05, 0.1) is 17.9 Å². The van der Waals surface area contributed by atoms with E-state index >= 15 is 0 Å². The number of hydrogen-bond acceptors (Lipinski definition) is 5. The van der Waals surface area contributed by atoms with E-state index < -0.39 is 0 Å². The molecule has 3 heterocycles. The van der Waals surface area contributed by atoms with E-state index in [-0.39, 0.29) is 0 Å². The highest BCUT2D eigenvalue weighted by atomic mass is 32.1. The summed E-state index contributed by atoms with van der Waals surface area (Å²) in [6.45, 7) is 2.12. The number of imidazole rings is 1. The molecule has 0 fully saturated rings. The fourth-order valence-corrected chi connectivity index (χ4v) is 2.83. The first-order valence-electron chi connectivity index (χ1n) is 5.71. The Morgan fingerprint density at radius 2 is 2.22 bits per heavy atom. The molecule has 0 saturated carbocycles. The lowest BCUT2D eigenvalue weighted by molar-refractivity contribution is 0.911. The van der Waals surface area contributed by atoms with Gasteiger partial charge >= 0.3 is 0 Å². The van der Waals surface area contributed by atoms with Crippen molar-refractivity contribution in [2.24, 2.45) is 7.05 Å². The third-order valence-electron chi connectivity index (χ3n) is 2.87. The molecule has 6 heteroatoms. The van der Waals surface area contributed by atoms with Crippen LogP contribution in [-0.2, 0) is 13.5 Å². The number of aromatic nitrogens is 4. The van der Waals surface area contributed by atoms with Crippen LogP contribution in [0.2, 0.25) is 0 Å². The average Bonchev–Trinajstić information content (AvgIpc) is 2.94. The van der Waals surface area contributed by atoms with Gasteiger partial charge in [0.15, 0.2) is 5.82 Å². The van der Waals surface area contributed by atoms with Crippen molar-refractivity contribution in [3.8, 4) is 11.5 Å². The molecule has 0 atom stereocenters. The van der Waals surface area contributed by atoms with E-state index in [1.165, 1.54) is 4.88 Å². The molecule has 0 saturated heterocycles. The lowest BCUT2D eigenvalue weighted by Gasteiger charge is -2.02. The van der Waals surface area contributed by atoms with Crippen LogP contribution in [0, 0.1) is 0 Å². The van der Waals surface area contributed by atoms with E-state index in [0.717, 1.165) is 22.3 Å². The molecule has 5 nitrogen and oxygen atoms in total. The van der Waals surface area contributed by atoms with Gasteiger partial charge in [-0.25, -0.2) is 15.0 Å². The Balaban J connectivity index is 2.23. The van der Waals surface area contributed by atoms with Crippen molar-refractivity contribution in [2.45, 2.75) is 13.3 Å². The second-order valence-corrected chi connectivity index (χ2v) is 5.22. The van der Waals surface area contributed by atoms with E-state index in [1.807, 2.05) is 11.6 Å². The summed E-state index contributed by atoms with van der Waals surface area (Å²) in [7, 11) is 1.91. The normalized spacial score (nSPS) is 11.2. The van der Waals surface area contributed by atoms with Gasteiger partial charge in [-0.3, -0.25) is 0 Å². The molecule has 0 radical (unpaired) electrons. The zero-order chi connectivity index (χ0) is 12.7. The van der Waals surface area contributed by atoms with Crippen molar-refractivity contribution in [3.63, 3.8) is 0 Å². The Hall–Kier alpha value is -1.95. The second kappa shape index (κ2) is 4.06. The fraction of sp³-hybridized carbons (Fsp3) is 0.250. The maximum absolute atomic E-state index is 6.01. The van der Waals surface area contributed by atoms with Crippen LogP contribution in [0.5, 0.6) is 0 Å². The van der Waals surface area contributed by atoms with E-state index in [2.05, 4.69) is 27.9 Å². The summed E-state index contributed by atoms with van der Waals surface area (Å²) in [4.78, 5) is 15.2. The number of rotatable bonds is 2. The van der Waals surface area contributed by atoms with Gasteiger partial charge < -0.3 is 10.3 Å². The van der Waals surface area contributed by atoms with Gasteiger partial charge in [0.2, 0.25) is 0 Å². The summed E-state index contributed by atoms with van der Waals surface area (Å²) in [5, 5.41) is 0.947. The molecule has 0 unspecified atom stereocenters. The molecule has 18 heavy (non-hydrogen) atoms. The van der Waals surface area contributed by atoms with Gasteiger partial charge in [-0.2, -0.15) is 0 Å². The van der Waals surface area contributed by atoms with Crippen molar-refractivity contribution in [1.82, 2.24) is 19.5 Å². The molecule has 3 aromatic heterocycles. The number of anilines is 1. The molecule has 3 aromatic rings. The molecule has 2 N–H and O–H groups in total. The summed E-state index contributed by atoms with van der Waals surface area (Å²) < 4.78 is 1.88. The maximum Gasteiger partial charge on any atom is 0.181 e. The highest BCUT2D eigenvalue weighted by Gasteiger charge is 2.12. The molecular formula is C12H13N5S. The Morgan fingerprint density at radius 3 is 2.89 bits per heavy atom. The quantitative estimate of drug-likeness (QED) is 0.766. The molecule has 0 aliphatic rings. The first-order chi connectivity index (χ1) is 8.69. The van der Waals surface area contributed by atoms with Crippen molar-refractivity contribution in [2.75, 3.05) is 5.73 Å². The standard InChI is InChI=1S/C12H13N5S/c1-3-7-4-8-10(13)15-11(16-12(8)18-7)9-5-14-6-17(9)2/h4-6H,3H2,1-2H3,(H2,13,15,16). The second-order valence-electron chi connectivity index (χ2n) is 4.11. The van der Waals surface area contributed by atoms with Gasteiger partial charge in [0.25, 0.3) is 0 Å². The SMILES string of the molecule is CCc1cc2c(N)nc(-c3cncn3C)nc2s1. The topological polar surface area (TPSA) is 69.6 Å². The summed E-state index contributed by atoms with van der Waals surface area (Å²) in [5.41, 5.74) is 6.88. The predicted molar refractivity (Wildman–Crippen MR) is 73.4 cm³/mol. The molecule has 0 bridgehead atoms. The predicted octanol–water partition coefficient (Wildman–Crippen LogP) is 2.24. The number of aryl methyl sites for hydroxylation is 2. The minimum Gasteiger partial charge on any atom is -0.383 e. The lowest BCUT2D eigenvalue weighted by Crippen LogP contribution is -1.99. The van der Waals surface area contributed by atoms with Crippen LogP contribution in [-0.4, -0.2) is 19.5 Å². The zero-order valence-electron chi connectivity index (χ0n) is 10.2. The minimum absolute atomic E-state index is 0.534. The van der Waals surface area contributed by atoms with Crippen molar-refractivity contribution >= 4 is 27.4 Å². The Kier molecular flexibility index (Phi) is 2.52. The van der Waals surface area contributed by atoms with Gasteiger partial charge in [-0.15, -0.1) is 11.3 Å². The van der Waals surface area contributed by atoms with Crippen LogP contribution >= 0.6 is 11.3 Å². The fourth-order valence-electron chi connectivity index (χ4n) is 1.85. The summed E-state index contributed by atoms with van der Waals surface area (Å²) in [5.74, 6) is 1.16. The maximum atomic E-state index is 6.01. The van der Waals surface area contributed by atoms with E-state index in [0.29, 0.717) is 11.6 Å². The molecule has 92 valence electrons. The van der Waals surface area contributed by atoms with Crippen LogP contribution in [0.25, 0.3) is 21.7 Å². The number of hydrogen-bond donors (Lipinski definition) is 1. The molecule has 0 spiro atoms. The molecule has 3 rings (SSSR count). The zero-order valence-corrected chi connectivity index (χ0v) is 11.0. The van der Waals surface area contributed by atoms with Crippen molar-refractivity contribution < 1.29 is 0 Å². The van der Waals surface area contributed by atoms with E-state index in [4.69, 9.17) is 5.73 Å². The summed E-state index contributed by atoms with van der Waals surface area (Å²) in [6.07, 6.45) is 4.46. The number of thiophene rings is 1. The monoisotopic (exact) mass is 259 g/mol. The Labute approximate surface area is 108 Å². The summed E-state index contributed by atoms with van der Waals surface area (Å²) >= 11 is 1.67. The Morgan fingerprint density at radius 1 is 1.39 bits per heavy atom. The molecule has 0 amide bonds. The van der Waals surface area contributed by atoms with Gasteiger partial charge in [-0.05, 0) is 12.5 Å². The molecule has 0 aliphatic heterocycles. The van der Waals surface area contributed by atoms with Crippen LogP contribution in [0.1, 0.15) is 11.8 Å². The largest absolute Gasteiger partial charge is 0.383 e. The van der Waals surface area contributed by atoms with Crippen LogP contribution in [0.15, 0.2) is 18.6 Å². The summed E-state index contributed by atoms with van der Waals surface area (Å²) in [6, 6.07) is 2.07. The van der Waals surface area contributed by atoms with Crippen LogP contribution in [0.3, 0.4) is 0 Å². The third-order valence-corrected chi connectivity index (χ3v) is 4.04. The first-order valence-corrected chi connectivity index (χ1v) is 6.53. The highest BCUT2D eigenvalue weighted by molar-refractivity contribution is 7.18. The smallest absolute Gasteiger partial charge is 0.181 e. The van der Waals surface area contributed by atoms with E-state index in [1.54, 1.807) is 23.9 Å². The molecular weight excluding hydrogens is 246 g/mol. The van der Waals surface area contributed by atoms with Crippen molar-refractivity contribution in [3.05, 3.63) is 23.5 Å². The lowest BCUT2D eigenvalue weighted by atomic mass is 10.3. The first kappa shape index (κ1) is 11.2. The van der Waals surface area contributed by atoms with E-state index in [9.17, 15) is 0 Å². The number of nitrogens with zero attached hydrogens (tertiary/aromatic N) is 4. The number of nitrogens with two attached hydrogens (primary N) is 1. The average molecular weight is 259 g/mol. The van der Waals surface area contributed by atoms with Crippen molar-refractivity contribution in [1.29, 1.82) is 0 Å². The van der Waals surface area contributed by atoms with Gasteiger partial charge in [-0.1, -0.05) is 6.92 Å². The molecule has 0 aliphatic carbocycles. The van der Waals surface area contributed by atoms with Crippen LogP contribution < -0.4 is 5.73 Å². The Bertz CT molecular complexity index is 712. The molecule has 0 aromatic carbocycles. The third kappa shape index (κ3) is 1.65. The number of nitrogen functional groups attached to an aromatic ring is 1. The van der Waals surface area contributed by atoms with Gasteiger partial charge in [0.1, 0.15) is 16.3 Å².